The molecule has 5 nitrogen and oxygen atoms in total. The highest BCUT2D eigenvalue weighted by atomic mass is 16.5. The minimum Gasteiger partial charge on any atom is -0.497 e. The second-order valence-electron chi connectivity index (χ2n) is 11.0. The molecule has 0 unspecified atom stereocenters. The molecule has 3 aliphatic rings. The molecular formula is C30H38N2O3. The highest BCUT2D eigenvalue weighted by molar-refractivity contribution is 6.01. The molecule has 0 N–H and O–H groups in total. The number of amides is 2. The van der Waals surface area contributed by atoms with Gasteiger partial charge in [0, 0.05) is 24.7 Å². The lowest BCUT2D eigenvalue weighted by atomic mass is 9.76. The summed E-state index contributed by atoms with van der Waals surface area (Å²) in [6, 6.07) is 15.6. The van der Waals surface area contributed by atoms with Crippen LogP contribution in [0, 0.1) is 11.8 Å². The van der Waals surface area contributed by atoms with E-state index in [0.717, 1.165) is 62.1 Å². The van der Waals surface area contributed by atoms with Gasteiger partial charge in [0.15, 0.2) is 0 Å². The van der Waals surface area contributed by atoms with Crippen molar-refractivity contribution in [3.63, 3.8) is 0 Å². The Bertz CT molecular complexity index is 1050. The van der Waals surface area contributed by atoms with Crippen LogP contribution in [-0.4, -0.2) is 47.9 Å². The quantitative estimate of drug-likeness (QED) is 0.562. The molecule has 0 bridgehead atoms. The summed E-state index contributed by atoms with van der Waals surface area (Å²) in [5.74, 6) is 1.57. The summed E-state index contributed by atoms with van der Waals surface area (Å²) in [6.45, 7) is 6.05. The third kappa shape index (κ3) is 4.57. The maximum absolute atomic E-state index is 14.4. The van der Waals surface area contributed by atoms with E-state index in [4.69, 9.17) is 4.74 Å². The number of likely N-dealkylation sites (tertiary alicyclic amines) is 1. The third-order valence-corrected chi connectivity index (χ3v) is 8.25. The standard InChI is InChI=1S/C30H38N2O3/c1-20-17-21(2)19-31(18-20)30(34)27-25-11-7-8-12-26(25)29(33)32(23-9-5-4-6-10-23)28(27)22-13-15-24(35-3)16-14-22/h7-8,11-16,20-21,23,27-28H,4-6,9-10,17-19H2,1-3H3/t20-,21-,27-,28-/m1/s1. The van der Waals surface area contributed by atoms with Crippen LogP contribution in [-0.2, 0) is 4.79 Å². The van der Waals surface area contributed by atoms with Crippen LogP contribution >= 0.6 is 0 Å². The van der Waals surface area contributed by atoms with Crippen LogP contribution in [0.5, 0.6) is 5.75 Å². The molecule has 2 amide bonds. The van der Waals surface area contributed by atoms with Gasteiger partial charge < -0.3 is 14.5 Å². The Morgan fingerprint density at radius 1 is 0.914 bits per heavy atom. The lowest BCUT2D eigenvalue weighted by molar-refractivity contribution is -0.137. The molecule has 35 heavy (non-hydrogen) atoms. The zero-order valence-electron chi connectivity index (χ0n) is 21.3. The Balaban J connectivity index is 1.64. The zero-order valence-corrected chi connectivity index (χ0v) is 21.3. The first-order valence-electron chi connectivity index (χ1n) is 13.3. The molecular weight excluding hydrogens is 436 g/mol. The average Bonchev–Trinajstić information content (AvgIpc) is 2.88. The number of rotatable bonds is 4. The van der Waals surface area contributed by atoms with Crippen LogP contribution in [0.1, 0.15) is 85.8 Å². The first-order valence-corrected chi connectivity index (χ1v) is 13.3. The number of fused-ring (bicyclic) bond motifs is 1. The number of benzene rings is 2. The minimum absolute atomic E-state index is 0.0674. The van der Waals surface area contributed by atoms with E-state index in [2.05, 4.69) is 23.6 Å². The van der Waals surface area contributed by atoms with Crippen molar-refractivity contribution in [1.82, 2.24) is 9.80 Å². The Hall–Kier alpha value is -2.82. The molecule has 2 heterocycles. The fraction of sp³-hybridized carbons (Fsp3) is 0.533. The fourth-order valence-electron chi connectivity index (χ4n) is 6.77. The number of methoxy groups -OCH3 is 1. The summed E-state index contributed by atoms with van der Waals surface area (Å²) < 4.78 is 5.41. The monoisotopic (exact) mass is 474 g/mol. The van der Waals surface area contributed by atoms with E-state index in [0.29, 0.717) is 17.4 Å². The van der Waals surface area contributed by atoms with Gasteiger partial charge in [0.2, 0.25) is 5.91 Å². The van der Waals surface area contributed by atoms with Gasteiger partial charge in [-0.05, 0) is 60.4 Å². The van der Waals surface area contributed by atoms with Crippen molar-refractivity contribution >= 4 is 11.8 Å². The molecule has 2 aliphatic heterocycles. The van der Waals surface area contributed by atoms with Gasteiger partial charge in [0.1, 0.15) is 5.75 Å². The molecule has 5 heteroatoms. The van der Waals surface area contributed by atoms with E-state index in [-0.39, 0.29) is 23.9 Å². The number of ether oxygens (including phenoxy) is 1. The van der Waals surface area contributed by atoms with E-state index < -0.39 is 5.92 Å². The normalized spacial score (nSPS) is 27.5. The van der Waals surface area contributed by atoms with E-state index in [1.807, 2.05) is 48.5 Å². The number of nitrogens with zero attached hydrogens (tertiary/aromatic N) is 2. The van der Waals surface area contributed by atoms with Crippen molar-refractivity contribution in [2.24, 2.45) is 11.8 Å². The molecule has 1 saturated carbocycles. The van der Waals surface area contributed by atoms with Gasteiger partial charge in [-0.2, -0.15) is 0 Å². The van der Waals surface area contributed by atoms with Crippen molar-refractivity contribution in [2.75, 3.05) is 20.2 Å². The van der Waals surface area contributed by atoms with Crippen LogP contribution in [0.3, 0.4) is 0 Å². The second-order valence-corrected chi connectivity index (χ2v) is 11.0. The van der Waals surface area contributed by atoms with E-state index >= 15 is 0 Å². The van der Waals surface area contributed by atoms with Crippen molar-refractivity contribution in [3.05, 3.63) is 65.2 Å². The number of carbonyl (C=O) groups excluding carboxylic acids is 2. The lowest BCUT2D eigenvalue weighted by Gasteiger charge is -2.48. The minimum atomic E-state index is -0.406. The summed E-state index contributed by atoms with van der Waals surface area (Å²) in [5, 5.41) is 0. The first-order chi connectivity index (χ1) is 17.0. The Morgan fingerprint density at radius 2 is 1.57 bits per heavy atom. The number of hydrogen-bond donors (Lipinski definition) is 0. The number of hydrogen-bond acceptors (Lipinski definition) is 3. The third-order valence-electron chi connectivity index (χ3n) is 8.25. The SMILES string of the molecule is COc1ccc([C@@H]2[C@H](C(=O)N3C[C@H](C)C[C@@H](C)C3)c3ccccc3C(=O)N2C2CCCCC2)cc1. The molecule has 0 aromatic heterocycles. The van der Waals surface area contributed by atoms with Gasteiger partial charge in [-0.3, -0.25) is 9.59 Å². The average molecular weight is 475 g/mol. The topological polar surface area (TPSA) is 49.9 Å². The van der Waals surface area contributed by atoms with E-state index in [1.165, 1.54) is 6.42 Å². The maximum atomic E-state index is 14.4. The van der Waals surface area contributed by atoms with Crippen LogP contribution < -0.4 is 4.74 Å². The second kappa shape index (κ2) is 10.0. The summed E-state index contributed by atoms with van der Waals surface area (Å²) in [6.07, 6.45) is 6.63. The van der Waals surface area contributed by atoms with Crippen molar-refractivity contribution < 1.29 is 14.3 Å². The van der Waals surface area contributed by atoms with Crippen molar-refractivity contribution in [2.45, 2.75) is 70.4 Å². The van der Waals surface area contributed by atoms with Crippen LogP contribution in [0.15, 0.2) is 48.5 Å². The largest absolute Gasteiger partial charge is 0.497 e. The molecule has 2 aromatic carbocycles. The van der Waals surface area contributed by atoms with Gasteiger partial charge in [0.25, 0.3) is 5.91 Å². The molecule has 4 atom stereocenters. The van der Waals surface area contributed by atoms with Gasteiger partial charge >= 0.3 is 0 Å². The van der Waals surface area contributed by atoms with Crippen molar-refractivity contribution in [3.8, 4) is 5.75 Å². The van der Waals surface area contributed by atoms with E-state index in [1.54, 1.807) is 7.11 Å². The summed E-state index contributed by atoms with van der Waals surface area (Å²) in [5.41, 5.74) is 2.58. The Labute approximate surface area is 209 Å². The van der Waals surface area contributed by atoms with Gasteiger partial charge in [-0.1, -0.05) is 63.4 Å². The lowest BCUT2D eigenvalue weighted by Crippen LogP contribution is -2.54. The molecule has 2 fully saturated rings. The molecule has 1 saturated heterocycles. The predicted octanol–water partition coefficient (Wildman–Crippen LogP) is 5.81. The fourth-order valence-corrected chi connectivity index (χ4v) is 6.77. The first kappa shape index (κ1) is 23.9. The van der Waals surface area contributed by atoms with Gasteiger partial charge in [0.05, 0.1) is 19.1 Å². The maximum Gasteiger partial charge on any atom is 0.254 e. The molecule has 0 radical (unpaired) electrons. The highest BCUT2D eigenvalue weighted by Crippen LogP contribution is 2.47. The van der Waals surface area contributed by atoms with Gasteiger partial charge in [-0.25, -0.2) is 0 Å². The molecule has 5 rings (SSSR count). The van der Waals surface area contributed by atoms with Crippen molar-refractivity contribution in [1.29, 1.82) is 0 Å². The Morgan fingerprint density at radius 3 is 2.23 bits per heavy atom. The van der Waals surface area contributed by atoms with Crippen LogP contribution in [0.25, 0.3) is 0 Å². The predicted molar refractivity (Wildman–Crippen MR) is 137 cm³/mol. The summed E-state index contributed by atoms with van der Waals surface area (Å²) >= 11 is 0. The van der Waals surface area contributed by atoms with E-state index in [9.17, 15) is 9.59 Å². The molecule has 0 spiro atoms. The summed E-state index contributed by atoms with van der Waals surface area (Å²) in [7, 11) is 1.66. The van der Waals surface area contributed by atoms with Crippen LogP contribution in [0.2, 0.25) is 0 Å². The highest BCUT2D eigenvalue weighted by Gasteiger charge is 2.48. The smallest absolute Gasteiger partial charge is 0.254 e. The molecule has 186 valence electrons. The van der Waals surface area contributed by atoms with Gasteiger partial charge in [-0.15, -0.1) is 0 Å². The number of carbonyl (C=O) groups is 2. The zero-order chi connectivity index (χ0) is 24.5. The molecule has 1 aliphatic carbocycles. The summed E-state index contributed by atoms with van der Waals surface area (Å²) in [4.78, 5) is 32.6. The number of piperidine rings is 1. The van der Waals surface area contributed by atoms with Crippen LogP contribution in [0.4, 0.5) is 0 Å². The Kier molecular flexibility index (Phi) is 6.86. The molecule has 2 aromatic rings.